The Morgan fingerprint density at radius 1 is 1.25 bits per heavy atom. The predicted octanol–water partition coefficient (Wildman–Crippen LogP) is 3.01. The molecule has 0 amide bonds. The SMILES string of the molecule is CO[C@@](C(=O)O[C@H]1CC(C)(C)C(=C=C[C@H](C)O)[C@](C)(O)[C@@H]1O)(c1ccccc1)C(F)(F)F. The van der Waals surface area contributed by atoms with E-state index < -0.39 is 52.6 Å². The van der Waals surface area contributed by atoms with E-state index in [4.69, 9.17) is 9.47 Å². The Balaban J connectivity index is 2.49. The highest BCUT2D eigenvalue weighted by Gasteiger charge is 2.65. The van der Waals surface area contributed by atoms with Crippen LogP contribution in [0.2, 0.25) is 0 Å². The summed E-state index contributed by atoms with van der Waals surface area (Å²) in [5, 5.41) is 31.2. The van der Waals surface area contributed by atoms with Gasteiger partial charge in [-0.05, 0) is 31.8 Å². The van der Waals surface area contributed by atoms with E-state index in [1.807, 2.05) is 0 Å². The summed E-state index contributed by atoms with van der Waals surface area (Å²) in [5.41, 5.74) is -3.80. The second-order valence-electron chi connectivity index (χ2n) is 8.80. The molecule has 3 N–H and O–H groups in total. The Labute approximate surface area is 185 Å². The number of ether oxygens (including phenoxy) is 2. The van der Waals surface area contributed by atoms with Gasteiger partial charge >= 0.3 is 12.1 Å². The van der Waals surface area contributed by atoms with Gasteiger partial charge in [-0.1, -0.05) is 44.2 Å². The highest BCUT2D eigenvalue weighted by atomic mass is 19.4. The first kappa shape index (κ1) is 26.1. The highest BCUT2D eigenvalue weighted by Crippen LogP contribution is 2.48. The molecule has 0 heterocycles. The summed E-state index contributed by atoms with van der Waals surface area (Å²) in [5.74, 6) is -1.75. The number of hydrogen-bond acceptors (Lipinski definition) is 6. The lowest BCUT2D eigenvalue weighted by atomic mass is 9.64. The number of carbonyl (C=O) groups is 1. The number of methoxy groups -OCH3 is 1. The maximum absolute atomic E-state index is 14.1. The summed E-state index contributed by atoms with van der Waals surface area (Å²) in [6.45, 7) is 6.06. The van der Waals surface area contributed by atoms with Crippen molar-refractivity contribution in [3.8, 4) is 0 Å². The third kappa shape index (κ3) is 4.63. The van der Waals surface area contributed by atoms with Crippen LogP contribution in [0, 0.1) is 5.41 Å². The van der Waals surface area contributed by atoms with Crippen molar-refractivity contribution in [2.24, 2.45) is 5.41 Å². The quantitative estimate of drug-likeness (QED) is 0.464. The lowest BCUT2D eigenvalue weighted by molar-refractivity contribution is -0.282. The number of hydrogen-bond donors (Lipinski definition) is 3. The van der Waals surface area contributed by atoms with Gasteiger partial charge in [-0.25, -0.2) is 4.79 Å². The van der Waals surface area contributed by atoms with Crippen LogP contribution in [-0.2, 0) is 19.9 Å². The molecule has 0 aliphatic heterocycles. The molecule has 1 aromatic carbocycles. The number of esters is 1. The van der Waals surface area contributed by atoms with Crippen LogP contribution in [0.3, 0.4) is 0 Å². The van der Waals surface area contributed by atoms with Crippen LogP contribution in [-0.4, -0.2) is 58.5 Å². The van der Waals surface area contributed by atoms with Crippen LogP contribution in [0.25, 0.3) is 0 Å². The fourth-order valence-corrected chi connectivity index (χ4v) is 4.17. The maximum atomic E-state index is 14.1. The van der Waals surface area contributed by atoms with E-state index in [2.05, 4.69) is 5.73 Å². The average Bonchev–Trinajstić information content (AvgIpc) is 2.66. The molecule has 1 aliphatic rings. The Bertz CT molecular complexity index is 885. The Morgan fingerprint density at radius 3 is 2.28 bits per heavy atom. The summed E-state index contributed by atoms with van der Waals surface area (Å²) >= 11 is 0. The van der Waals surface area contributed by atoms with Gasteiger partial charge in [0.1, 0.15) is 17.8 Å². The van der Waals surface area contributed by atoms with Crippen LogP contribution >= 0.6 is 0 Å². The Morgan fingerprint density at radius 2 is 1.81 bits per heavy atom. The predicted molar refractivity (Wildman–Crippen MR) is 109 cm³/mol. The van der Waals surface area contributed by atoms with Crippen molar-refractivity contribution >= 4 is 5.97 Å². The van der Waals surface area contributed by atoms with E-state index >= 15 is 0 Å². The molecule has 32 heavy (non-hydrogen) atoms. The molecule has 1 fully saturated rings. The van der Waals surface area contributed by atoms with Crippen LogP contribution in [0.1, 0.15) is 39.7 Å². The van der Waals surface area contributed by atoms with Crippen molar-refractivity contribution in [1.29, 1.82) is 0 Å². The van der Waals surface area contributed by atoms with E-state index in [1.54, 1.807) is 13.8 Å². The fraction of sp³-hybridized carbons (Fsp3) is 0.565. The molecule has 5 atom stereocenters. The second kappa shape index (κ2) is 9.00. The molecular weight excluding hydrogens is 429 g/mol. The van der Waals surface area contributed by atoms with E-state index in [9.17, 15) is 33.3 Å². The Kier molecular flexibility index (Phi) is 7.34. The third-order valence-corrected chi connectivity index (χ3v) is 5.72. The molecule has 0 saturated heterocycles. The van der Waals surface area contributed by atoms with Gasteiger partial charge in [-0.15, -0.1) is 5.73 Å². The van der Waals surface area contributed by atoms with Gasteiger partial charge in [0, 0.05) is 18.2 Å². The maximum Gasteiger partial charge on any atom is 0.432 e. The number of rotatable bonds is 5. The lowest BCUT2D eigenvalue weighted by Gasteiger charge is -2.48. The number of benzene rings is 1. The first-order chi connectivity index (χ1) is 14.6. The molecule has 178 valence electrons. The minimum Gasteiger partial charge on any atom is -0.457 e. The second-order valence-corrected chi connectivity index (χ2v) is 8.80. The van der Waals surface area contributed by atoms with Crippen molar-refractivity contribution in [2.45, 2.75) is 69.8 Å². The van der Waals surface area contributed by atoms with E-state index in [0.29, 0.717) is 0 Å². The van der Waals surface area contributed by atoms with Gasteiger partial charge in [-0.3, -0.25) is 0 Å². The molecule has 0 spiro atoms. The molecule has 9 heteroatoms. The average molecular weight is 458 g/mol. The topological polar surface area (TPSA) is 96.2 Å². The largest absolute Gasteiger partial charge is 0.457 e. The molecule has 1 saturated carbocycles. The molecule has 0 aromatic heterocycles. The summed E-state index contributed by atoms with van der Waals surface area (Å²) in [6.07, 6.45) is -8.06. The summed E-state index contributed by atoms with van der Waals surface area (Å²) in [6, 6.07) is 6.34. The van der Waals surface area contributed by atoms with Gasteiger partial charge in [0.05, 0.1) is 6.10 Å². The summed E-state index contributed by atoms with van der Waals surface area (Å²) in [7, 11) is 0.751. The normalized spacial score (nSPS) is 28.3. The van der Waals surface area contributed by atoms with Gasteiger partial charge in [-0.2, -0.15) is 13.2 Å². The monoisotopic (exact) mass is 458 g/mol. The minimum absolute atomic E-state index is 0.0987. The van der Waals surface area contributed by atoms with Crippen LogP contribution in [0.4, 0.5) is 13.2 Å². The molecule has 0 unspecified atom stereocenters. The van der Waals surface area contributed by atoms with Crippen LogP contribution in [0.15, 0.2) is 47.7 Å². The molecule has 1 aromatic rings. The third-order valence-electron chi connectivity index (χ3n) is 5.72. The van der Waals surface area contributed by atoms with Crippen molar-refractivity contribution in [3.05, 3.63) is 53.3 Å². The van der Waals surface area contributed by atoms with Crippen molar-refractivity contribution in [1.82, 2.24) is 0 Å². The zero-order valence-corrected chi connectivity index (χ0v) is 18.6. The van der Waals surface area contributed by atoms with Gasteiger partial charge in [0.2, 0.25) is 0 Å². The smallest absolute Gasteiger partial charge is 0.432 e. The van der Waals surface area contributed by atoms with Gasteiger partial charge in [0.15, 0.2) is 0 Å². The molecule has 6 nitrogen and oxygen atoms in total. The number of aliphatic hydroxyl groups excluding tert-OH is 2. The molecule has 2 rings (SSSR count). The first-order valence-electron chi connectivity index (χ1n) is 10.1. The lowest BCUT2D eigenvalue weighted by Crippen LogP contribution is -2.60. The number of carbonyl (C=O) groups excluding carboxylic acids is 1. The fourth-order valence-electron chi connectivity index (χ4n) is 4.17. The van der Waals surface area contributed by atoms with Crippen LogP contribution < -0.4 is 0 Å². The molecular formula is C23H29F3O6. The van der Waals surface area contributed by atoms with Crippen molar-refractivity contribution < 1.29 is 42.8 Å². The van der Waals surface area contributed by atoms with E-state index in [-0.39, 0.29) is 12.0 Å². The van der Waals surface area contributed by atoms with Gasteiger partial charge in [0.25, 0.3) is 5.60 Å². The minimum atomic E-state index is -5.16. The molecule has 0 radical (unpaired) electrons. The summed E-state index contributed by atoms with van der Waals surface area (Å²) < 4.78 is 52.3. The number of aliphatic hydroxyl groups is 3. The zero-order chi connectivity index (χ0) is 24.5. The number of alkyl halides is 3. The molecule has 0 bridgehead atoms. The van der Waals surface area contributed by atoms with Crippen molar-refractivity contribution in [2.75, 3.05) is 7.11 Å². The van der Waals surface area contributed by atoms with E-state index in [0.717, 1.165) is 19.2 Å². The standard InChI is InChI=1S/C23H29F3O6/c1-14(27)11-12-17-20(2,3)13-16(18(28)21(17,4)30)32-19(29)22(31-5,23(24,25)26)15-9-7-6-8-10-15/h6-11,14,16,18,27-28,30H,13H2,1-5H3/t12?,14-,16-,18+,21-,22+/m0/s1. The zero-order valence-electron chi connectivity index (χ0n) is 18.6. The van der Waals surface area contributed by atoms with Crippen LogP contribution in [0.5, 0.6) is 0 Å². The number of halogens is 3. The van der Waals surface area contributed by atoms with Gasteiger partial charge < -0.3 is 24.8 Å². The van der Waals surface area contributed by atoms with E-state index in [1.165, 1.54) is 38.1 Å². The van der Waals surface area contributed by atoms with Crippen molar-refractivity contribution in [3.63, 3.8) is 0 Å². The first-order valence-corrected chi connectivity index (χ1v) is 10.1. The Hall–Kier alpha value is -2.16. The molecule has 1 aliphatic carbocycles. The summed E-state index contributed by atoms with van der Waals surface area (Å²) in [4.78, 5) is 13.0. The highest BCUT2D eigenvalue weighted by molar-refractivity contribution is 5.83.